The molecule has 0 radical (unpaired) electrons. The van der Waals surface area contributed by atoms with E-state index in [0.717, 1.165) is 17.1 Å². The van der Waals surface area contributed by atoms with Crippen molar-refractivity contribution in [3.05, 3.63) is 35.9 Å². The van der Waals surface area contributed by atoms with Crippen molar-refractivity contribution in [3.8, 4) is 11.5 Å². The van der Waals surface area contributed by atoms with Gasteiger partial charge in [-0.1, -0.05) is 11.8 Å². The molecule has 7 nitrogen and oxygen atoms in total. The van der Waals surface area contributed by atoms with Crippen LogP contribution in [0.2, 0.25) is 0 Å². The molecule has 0 atom stereocenters. The molecule has 0 amide bonds. The molecular formula is C13H13N5O2S. The number of aryl methyl sites for hydroxylation is 2. The van der Waals surface area contributed by atoms with Gasteiger partial charge < -0.3 is 14.6 Å². The Kier molecular flexibility index (Phi) is 3.61. The van der Waals surface area contributed by atoms with Crippen LogP contribution in [0.5, 0.6) is 0 Å². The number of anilines is 1. The molecule has 2 N–H and O–H groups in total. The second-order valence-corrected chi connectivity index (χ2v) is 5.33. The predicted octanol–water partition coefficient (Wildman–Crippen LogP) is 2.61. The molecule has 21 heavy (non-hydrogen) atoms. The maximum atomic E-state index is 5.73. The van der Waals surface area contributed by atoms with Gasteiger partial charge in [0.2, 0.25) is 5.89 Å². The second kappa shape index (κ2) is 5.57. The summed E-state index contributed by atoms with van der Waals surface area (Å²) < 4.78 is 11.1. The van der Waals surface area contributed by atoms with Gasteiger partial charge in [0.15, 0.2) is 5.82 Å². The first-order valence-corrected chi connectivity index (χ1v) is 7.21. The van der Waals surface area contributed by atoms with Gasteiger partial charge in [-0.2, -0.15) is 0 Å². The van der Waals surface area contributed by atoms with Gasteiger partial charge in [0, 0.05) is 12.4 Å². The van der Waals surface area contributed by atoms with Crippen molar-refractivity contribution >= 4 is 17.6 Å². The maximum Gasteiger partial charge on any atom is 0.251 e. The molecule has 108 valence electrons. The third kappa shape index (κ3) is 2.89. The summed E-state index contributed by atoms with van der Waals surface area (Å²) in [5, 5.41) is 8.70. The van der Waals surface area contributed by atoms with Crippen LogP contribution in [0, 0.1) is 13.8 Å². The SMILES string of the molecule is Cc1cc(-c2nnc(CSc3nccnc3N)o2)c(C)o1. The topological polar surface area (TPSA) is 104 Å². The summed E-state index contributed by atoms with van der Waals surface area (Å²) in [6, 6.07) is 1.88. The Labute approximate surface area is 125 Å². The van der Waals surface area contributed by atoms with Gasteiger partial charge in [0.05, 0.1) is 11.3 Å². The van der Waals surface area contributed by atoms with Crippen LogP contribution in [0.15, 0.2) is 32.3 Å². The molecule has 0 spiro atoms. The summed E-state index contributed by atoms with van der Waals surface area (Å²) >= 11 is 1.40. The molecular weight excluding hydrogens is 290 g/mol. The van der Waals surface area contributed by atoms with Crippen molar-refractivity contribution in [2.24, 2.45) is 0 Å². The Morgan fingerprint density at radius 2 is 1.95 bits per heavy atom. The highest BCUT2D eigenvalue weighted by atomic mass is 32.2. The van der Waals surface area contributed by atoms with Crippen molar-refractivity contribution in [2.75, 3.05) is 5.73 Å². The van der Waals surface area contributed by atoms with Crippen molar-refractivity contribution < 1.29 is 8.83 Å². The van der Waals surface area contributed by atoms with Crippen LogP contribution in [0.1, 0.15) is 17.4 Å². The lowest BCUT2D eigenvalue weighted by atomic mass is 10.2. The normalized spacial score (nSPS) is 11.0. The summed E-state index contributed by atoms with van der Waals surface area (Å²) in [6.07, 6.45) is 3.14. The lowest BCUT2D eigenvalue weighted by molar-refractivity contribution is 0.499. The molecule has 0 bridgehead atoms. The Hall–Kier alpha value is -2.35. The minimum absolute atomic E-state index is 0.392. The van der Waals surface area contributed by atoms with Gasteiger partial charge in [-0.3, -0.25) is 0 Å². The zero-order chi connectivity index (χ0) is 14.8. The summed E-state index contributed by atoms with van der Waals surface area (Å²) in [7, 11) is 0. The van der Waals surface area contributed by atoms with E-state index in [0.29, 0.717) is 28.4 Å². The summed E-state index contributed by atoms with van der Waals surface area (Å²) in [4.78, 5) is 8.12. The van der Waals surface area contributed by atoms with E-state index < -0.39 is 0 Å². The fourth-order valence-electron chi connectivity index (χ4n) is 1.84. The first-order chi connectivity index (χ1) is 10.1. The minimum atomic E-state index is 0.392. The number of rotatable bonds is 4. The molecule has 8 heteroatoms. The van der Waals surface area contributed by atoms with Crippen LogP contribution in [0.3, 0.4) is 0 Å². The number of hydrogen-bond donors (Lipinski definition) is 1. The number of nitrogen functional groups attached to an aromatic ring is 1. The van der Waals surface area contributed by atoms with E-state index in [-0.39, 0.29) is 0 Å². The largest absolute Gasteiger partial charge is 0.466 e. The fraction of sp³-hybridized carbons (Fsp3) is 0.231. The molecule has 0 saturated carbocycles. The average Bonchev–Trinajstić information content (AvgIpc) is 3.04. The van der Waals surface area contributed by atoms with E-state index in [9.17, 15) is 0 Å². The number of furan rings is 1. The van der Waals surface area contributed by atoms with Crippen LogP contribution < -0.4 is 5.73 Å². The second-order valence-electron chi connectivity index (χ2n) is 4.36. The molecule has 0 aliphatic carbocycles. The summed E-state index contributed by atoms with van der Waals surface area (Å²) in [5.41, 5.74) is 6.55. The third-order valence-electron chi connectivity index (χ3n) is 2.76. The van der Waals surface area contributed by atoms with Crippen molar-refractivity contribution in [3.63, 3.8) is 0 Å². The quantitative estimate of drug-likeness (QED) is 0.733. The van der Waals surface area contributed by atoms with Gasteiger partial charge in [0.1, 0.15) is 16.5 Å². The number of hydrogen-bond acceptors (Lipinski definition) is 8. The summed E-state index contributed by atoms with van der Waals surface area (Å²) in [6.45, 7) is 3.74. The first kappa shape index (κ1) is 13.6. The van der Waals surface area contributed by atoms with E-state index in [2.05, 4.69) is 20.2 Å². The monoisotopic (exact) mass is 303 g/mol. The summed E-state index contributed by atoms with van der Waals surface area (Å²) in [5.74, 6) is 3.39. The van der Waals surface area contributed by atoms with E-state index in [1.165, 1.54) is 11.8 Å². The third-order valence-corrected chi connectivity index (χ3v) is 3.74. The van der Waals surface area contributed by atoms with Crippen molar-refractivity contribution in [1.29, 1.82) is 0 Å². The Morgan fingerprint density at radius 1 is 1.14 bits per heavy atom. The molecule has 3 rings (SSSR count). The lowest BCUT2D eigenvalue weighted by Crippen LogP contribution is -1.94. The highest BCUT2D eigenvalue weighted by Crippen LogP contribution is 2.28. The zero-order valence-electron chi connectivity index (χ0n) is 11.5. The molecule has 3 aromatic heterocycles. The van der Waals surface area contributed by atoms with E-state index in [4.69, 9.17) is 14.6 Å². The van der Waals surface area contributed by atoms with E-state index in [1.807, 2.05) is 19.9 Å². The van der Waals surface area contributed by atoms with Crippen LogP contribution in [0.4, 0.5) is 5.82 Å². The van der Waals surface area contributed by atoms with Crippen LogP contribution in [-0.4, -0.2) is 20.2 Å². The smallest absolute Gasteiger partial charge is 0.251 e. The molecule has 3 aromatic rings. The lowest BCUT2D eigenvalue weighted by Gasteiger charge is -1.99. The Balaban J connectivity index is 1.74. The first-order valence-electron chi connectivity index (χ1n) is 6.22. The van der Waals surface area contributed by atoms with Crippen LogP contribution in [-0.2, 0) is 5.75 Å². The molecule has 0 aliphatic heterocycles. The van der Waals surface area contributed by atoms with Crippen molar-refractivity contribution in [1.82, 2.24) is 20.2 Å². The molecule has 0 aromatic carbocycles. The molecule has 0 unspecified atom stereocenters. The van der Waals surface area contributed by atoms with Crippen LogP contribution >= 0.6 is 11.8 Å². The average molecular weight is 303 g/mol. The van der Waals surface area contributed by atoms with Crippen molar-refractivity contribution in [2.45, 2.75) is 24.6 Å². The standard InChI is InChI=1S/C13H13N5O2S/c1-7-5-9(8(2)19-7)12-18-17-10(20-12)6-21-13-11(14)15-3-4-16-13/h3-5H,6H2,1-2H3,(H2,14,15). The number of nitrogens with two attached hydrogens (primary N) is 1. The zero-order valence-corrected chi connectivity index (χ0v) is 12.3. The van der Waals surface area contributed by atoms with E-state index in [1.54, 1.807) is 12.4 Å². The molecule has 0 aliphatic rings. The van der Waals surface area contributed by atoms with Gasteiger partial charge in [-0.25, -0.2) is 9.97 Å². The number of nitrogens with zero attached hydrogens (tertiary/aromatic N) is 4. The minimum Gasteiger partial charge on any atom is -0.466 e. The highest BCUT2D eigenvalue weighted by molar-refractivity contribution is 7.98. The van der Waals surface area contributed by atoms with Crippen LogP contribution in [0.25, 0.3) is 11.5 Å². The predicted molar refractivity (Wildman–Crippen MR) is 77.5 cm³/mol. The number of thioether (sulfide) groups is 1. The Bertz CT molecular complexity index is 768. The molecule has 0 saturated heterocycles. The fourth-order valence-corrected chi connectivity index (χ4v) is 2.55. The van der Waals surface area contributed by atoms with E-state index >= 15 is 0 Å². The maximum absolute atomic E-state index is 5.73. The number of aromatic nitrogens is 4. The molecule has 0 fully saturated rings. The molecule has 3 heterocycles. The Morgan fingerprint density at radius 3 is 2.67 bits per heavy atom. The van der Waals surface area contributed by atoms with Gasteiger partial charge in [-0.15, -0.1) is 10.2 Å². The van der Waals surface area contributed by atoms with Gasteiger partial charge >= 0.3 is 0 Å². The van der Waals surface area contributed by atoms with Gasteiger partial charge in [-0.05, 0) is 19.9 Å². The van der Waals surface area contributed by atoms with Gasteiger partial charge in [0.25, 0.3) is 5.89 Å². The highest BCUT2D eigenvalue weighted by Gasteiger charge is 2.15.